The number of nitrogens with one attached hydrogen (secondary N) is 2. The molecular weight excluding hydrogens is 204 g/mol. The molecule has 86 valence electrons. The summed E-state index contributed by atoms with van der Waals surface area (Å²) in [6.07, 6.45) is 6.61. The maximum atomic E-state index is 4.99. The summed E-state index contributed by atoms with van der Waals surface area (Å²) in [7, 11) is 1.60. The third-order valence-corrected chi connectivity index (χ3v) is 2.50. The Morgan fingerprint density at radius 2 is 2.25 bits per heavy atom. The van der Waals surface area contributed by atoms with Gasteiger partial charge in [0.25, 0.3) is 0 Å². The normalized spacial score (nSPS) is 15.4. The molecule has 1 aromatic rings. The number of hydrogen-bond donors (Lipinski definition) is 2. The molecule has 5 nitrogen and oxygen atoms in total. The van der Waals surface area contributed by atoms with Gasteiger partial charge in [-0.15, -0.1) is 0 Å². The van der Waals surface area contributed by atoms with E-state index in [1.165, 1.54) is 5.57 Å². The van der Waals surface area contributed by atoms with Crippen molar-refractivity contribution in [1.29, 1.82) is 0 Å². The number of methoxy groups -OCH3 is 1. The highest BCUT2D eigenvalue weighted by Gasteiger charge is 2.03. The zero-order valence-corrected chi connectivity index (χ0v) is 9.36. The molecule has 0 saturated heterocycles. The van der Waals surface area contributed by atoms with Crippen LogP contribution >= 0.6 is 0 Å². The molecule has 0 atom stereocenters. The second-order valence-corrected chi connectivity index (χ2v) is 3.62. The lowest BCUT2D eigenvalue weighted by Gasteiger charge is -2.14. The first-order valence-corrected chi connectivity index (χ1v) is 5.37. The molecule has 1 aromatic heterocycles. The van der Waals surface area contributed by atoms with Crippen LogP contribution < -0.4 is 15.4 Å². The number of hydrogen-bond acceptors (Lipinski definition) is 5. The monoisotopic (exact) mass is 220 g/mol. The van der Waals surface area contributed by atoms with Gasteiger partial charge in [0.15, 0.2) is 5.75 Å². The Kier molecular flexibility index (Phi) is 3.71. The van der Waals surface area contributed by atoms with E-state index in [1.54, 1.807) is 19.5 Å². The van der Waals surface area contributed by atoms with E-state index in [1.807, 2.05) is 0 Å². The zero-order chi connectivity index (χ0) is 11.2. The summed E-state index contributed by atoms with van der Waals surface area (Å²) in [5.41, 5.74) is 1.40. The standard InChI is InChI=1S/C11H16N4O/c1-16-10-7-14-11(15-8-10)13-6-9-2-4-12-5-3-9/h2,7-8,12H,3-6H2,1H3,(H,13,14,15). The van der Waals surface area contributed by atoms with E-state index in [9.17, 15) is 0 Å². The van der Waals surface area contributed by atoms with Crippen LogP contribution in [0.3, 0.4) is 0 Å². The summed E-state index contributed by atoms with van der Waals surface area (Å²) in [4.78, 5) is 8.29. The second kappa shape index (κ2) is 5.46. The van der Waals surface area contributed by atoms with Crippen LogP contribution in [-0.2, 0) is 0 Å². The van der Waals surface area contributed by atoms with Crippen molar-refractivity contribution in [3.05, 3.63) is 24.0 Å². The minimum atomic E-state index is 0.639. The molecule has 0 aromatic carbocycles. The Balaban J connectivity index is 1.86. The van der Waals surface area contributed by atoms with Crippen LogP contribution in [0.1, 0.15) is 6.42 Å². The molecule has 0 aliphatic carbocycles. The first-order chi connectivity index (χ1) is 7.88. The molecule has 0 bridgehead atoms. The summed E-state index contributed by atoms with van der Waals surface area (Å²) in [6, 6.07) is 0. The Hall–Kier alpha value is -1.62. The quantitative estimate of drug-likeness (QED) is 0.736. The van der Waals surface area contributed by atoms with Crippen LogP contribution in [0.4, 0.5) is 5.95 Å². The van der Waals surface area contributed by atoms with Crippen molar-refractivity contribution >= 4 is 5.95 Å². The van der Waals surface area contributed by atoms with Gasteiger partial charge >= 0.3 is 0 Å². The van der Waals surface area contributed by atoms with Gasteiger partial charge in [0.1, 0.15) is 0 Å². The van der Waals surface area contributed by atoms with Crippen molar-refractivity contribution in [3.63, 3.8) is 0 Å². The molecule has 1 aliphatic heterocycles. The maximum Gasteiger partial charge on any atom is 0.223 e. The molecule has 5 heteroatoms. The second-order valence-electron chi connectivity index (χ2n) is 3.62. The summed E-state index contributed by atoms with van der Waals surface area (Å²) in [6.45, 7) is 2.82. The Morgan fingerprint density at radius 3 is 2.88 bits per heavy atom. The van der Waals surface area contributed by atoms with Gasteiger partial charge in [-0.2, -0.15) is 0 Å². The fraction of sp³-hybridized carbons (Fsp3) is 0.455. The molecule has 0 amide bonds. The summed E-state index contributed by atoms with van der Waals surface area (Å²) < 4.78 is 4.99. The van der Waals surface area contributed by atoms with E-state index in [-0.39, 0.29) is 0 Å². The van der Waals surface area contributed by atoms with Crippen molar-refractivity contribution in [2.45, 2.75) is 6.42 Å². The molecule has 0 radical (unpaired) electrons. The lowest BCUT2D eigenvalue weighted by atomic mass is 10.1. The predicted octanol–water partition coefficient (Wildman–Crippen LogP) is 0.817. The van der Waals surface area contributed by atoms with Gasteiger partial charge < -0.3 is 15.4 Å². The lowest BCUT2D eigenvalue weighted by molar-refractivity contribution is 0.411. The van der Waals surface area contributed by atoms with E-state index >= 15 is 0 Å². The van der Waals surface area contributed by atoms with Crippen LogP contribution in [0, 0.1) is 0 Å². The van der Waals surface area contributed by atoms with Gasteiger partial charge in [0.2, 0.25) is 5.95 Å². The molecule has 2 heterocycles. The fourth-order valence-corrected chi connectivity index (χ4v) is 1.54. The van der Waals surface area contributed by atoms with Crippen molar-refractivity contribution < 1.29 is 4.74 Å². The molecule has 1 aliphatic rings. The van der Waals surface area contributed by atoms with E-state index in [4.69, 9.17) is 4.74 Å². The van der Waals surface area contributed by atoms with Crippen LogP contribution in [0.2, 0.25) is 0 Å². The van der Waals surface area contributed by atoms with Crippen LogP contribution in [-0.4, -0.2) is 36.7 Å². The smallest absolute Gasteiger partial charge is 0.223 e. The third-order valence-electron chi connectivity index (χ3n) is 2.50. The van der Waals surface area contributed by atoms with E-state index in [0.717, 1.165) is 26.1 Å². The van der Waals surface area contributed by atoms with E-state index in [0.29, 0.717) is 11.7 Å². The van der Waals surface area contributed by atoms with E-state index < -0.39 is 0 Å². The molecule has 0 spiro atoms. The Bertz CT molecular complexity index is 361. The van der Waals surface area contributed by atoms with Crippen molar-refractivity contribution in [3.8, 4) is 5.75 Å². The van der Waals surface area contributed by atoms with Gasteiger partial charge in [-0.3, -0.25) is 0 Å². The minimum absolute atomic E-state index is 0.639. The SMILES string of the molecule is COc1cnc(NCC2=CCNCC2)nc1. The Labute approximate surface area is 94.9 Å². The van der Waals surface area contributed by atoms with E-state index in [2.05, 4.69) is 26.7 Å². The first kappa shape index (κ1) is 10.9. The van der Waals surface area contributed by atoms with Crippen LogP contribution in [0.15, 0.2) is 24.0 Å². The highest BCUT2D eigenvalue weighted by atomic mass is 16.5. The molecule has 2 N–H and O–H groups in total. The molecule has 16 heavy (non-hydrogen) atoms. The van der Waals surface area contributed by atoms with Gasteiger partial charge in [-0.1, -0.05) is 11.6 Å². The molecular formula is C11H16N4O. The highest BCUT2D eigenvalue weighted by Crippen LogP contribution is 2.09. The lowest BCUT2D eigenvalue weighted by Crippen LogP contribution is -2.23. The van der Waals surface area contributed by atoms with Crippen LogP contribution in [0.5, 0.6) is 5.75 Å². The number of aromatic nitrogens is 2. The van der Waals surface area contributed by atoms with Gasteiger partial charge in [0, 0.05) is 13.1 Å². The summed E-state index contributed by atoms with van der Waals surface area (Å²) >= 11 is 0. The Morgan fingerprint density at radius 1 is 1.44 bits per heavy atom. The average molecular weight is 220 g/mol. The van der Waals surface area contributed by atoms with Crippen molar-refractivity contribution in [1.82, 2.24) is 15.3 Å². The number of ether oxygens (including phenoxy) is 1. The van der Waals surface area contributed by atoms with Crippen molar-refractivity contribution in [2.75, 3.05) is 32.1 Å². The average Bonchev–Trinajstić information content (AvgIpc) is 2.38. The largest absolute Gasteiger partial charge is 0.494 e. The fourth-order valence-electron chi connectivity index (χ4n) is 1.54. The molecule has 0 unspecified atom stereocenters. The topological polar surface area (TPSA) is 59.1 Å². The van der Waals surface area contributed by atoms with Crippen LogP contribution in [0.25, 0.3) is 0 Å². The van der Waals surface area contributed by atoms with Gasteiger partial charge in [0.05, 0.1) is 19.5 Å². The van der Waals surface area contributed by atoms with Gasteiger partial charge in [-0.25, -0.2) is 9.97 Å². The summed E-state index contributed by atoms with van der Waals surface area (Å²) in [5, 5.41) is 6.47. The summed E-state index contributed by atoms with van der Waals surface area (Å²) in [5.74, 6) is 1.31. The highest BCUT2D eigenvalue weighted by molar-refractivity contribution is 5.29. The molecule has 0 saturated carbocycles. The number of nitrogens with zero attached hydrogens (tertiary/aromatic N) is 2. The van der Waals surface area contributed by atoms with Gasteiger partial charge in [-0.05, 0) is 13.0 Å². The molecule has 0 fully saturated rings. The molecule has 2 rings (SSSR count). The maximum absolute atomic E-state index is 4.99. The number of rotatable bonds is 4. The first-order valence-electron chi connectivity index (χ1n) is 5.37. The predicted molar refractivity (Wildman–Crippen MR) is 62.6 cm³/mol. The number of anilines is 1. The zero-order valence-electron chi connectivity index (χ0n) is 9.36. The minimum Gasteiger partial charge on any atom is -0.494 e. The third kappa shape index (κ3) is 2.93. The van der Waals surface area contributed by atoms with Crippen molar-refractivity contribution in [2.24, 2.45) is 0 Å².